The second kappa shape index (κ2) is 13.6. The topological polar surface area (TPSA) is 66.2 Å². The van der Waals surface area contributed by atoms with Gasteiger partial charge in [0, 0.05) is 23.9 Å². The zero-order chi connectivity index (χ0) is 29.2. The molecule has 0 bridgehead atoms. The molecule has 210 valence electrons. The largest absolute Gasteiger partial charge is 0.492 e. The Hall–Kier alpha value is -4.71. The maximum Gasteiger partial charge on any atom is 0.314 e. The number of aromatic nitrogens is 3. The van der Waals surface area contributed by atoms with Gasteiger partial charge in [-0.25, -0.2) is 4.98 Å². The van der Waals surface area contributed by atoms with Crippen LogP contribution in [0.15, 0.2) is 109 Å². The number of carbonyl (C=O) groups is 1. The summed E-state index contributed by atoms with van der Waals surface area (Å²) in [5.41, 5.74) is 5.43. The number of ether oxygens (including phenoxy) is 2. The summed E-state index contributed by atoms with van der Waals surface area (Å²) in [5.74, 6) is 1.25. The van der Waals surface area contributed by atoms with Gasteiger partial charge in [-0.05, 0) is 61.4 Å². The fourth-order valence-corrected chi connectivity index (χ4v) is 4.39. The van der Waals surface area contributed by atoms with Crippen molar-refractivity contribution in [1.29, 1.82) is 0 Å². The summed E-state index contributed by atoms with van der Waals surface area (Å²) in [7, 11) is 1.38. The lowest BCUT2D eigenvalue weighted by atomic mass is 9.95. The molecule has 3 aromatic carbocycles. The Morgan fingerprint density at radius 1 is 0.756 bits per heavy atom. The van der Waals surface area contributed by atoms with Crippen molar-refractivity contribution >= 4 is 5.97 Å². The van der Waals surface area contributed by atoms with Crippen molar-refractivity contribution in [1.82, 2.24) is 14.5 Å². The van der Waals surface area contributed by atoms with Crippen LogP contribution in [-0.2, 0) is 16.1 Å². The minimum Gasteiger partial charge on any atom is -0.492 e. The van der Waals surface area contributed by atoms with Gasteiger partial charge in [0.25, 0.3) is 0 Å². The molecule has 0 unspecified atom stereocenters. The molecule has 6 heteroatoms. The molecule has 6 nitrogen and oxygen atoms in total. The highest BCUT2D eigenvalue weighted by atomic mass is 16.5. The van der Waals surface area contributed by atoms with Crippen LogP contribution >= 0.6 is 0 Å². The van der Waals surface area contributed by atoms with Gasteiger partial charge < -0.3 is 14.0 Å². The summed E-state index contributed by atoms with van der Waals surface area (Å²) in [6, 6.07) is 32.5. The van der Waals surface area contributed by atoms with E-state index in [2.05, 4.69) is 47.0 Å². The molecule has 5 aromatic rings. The third-order valence-electron chi connectivity index (χ3n) is 6.62. The summed E-state index contributed by atoms with van der Waals surface area (Å²) < 4.78 is 12.9. The summed E-state index contributed by atoms with van der Waals surface area (Å²) in [6.07, 6.45) is 3.80. The molecule has 0 saturated carbocycles. The summed E-state index contributed by atoms with van der Waals surface area (Å²) >= 11 is 0. The number of hydrogen-bond acceptors (Lipinski definition) is 5. The van der Waals surface area contributed by atoms with Gasteiger partial charge in [0.1, 0.15) is 18.2 Å². The highest BCUT2D eigenvalue weighted by Gasteiger charge is 2.29. The first-order chi connectivity index (χ1) is 19.9. The lowest BCUT2D eigenvalue weighted by Gasteiger charge is -2.21. The Bertz CT molecular complexity index is 1530. The van der Waals surface area contributed by atoms with Gasteiger partial charge in [0.05, 0.1) is 30.1 Å². The lowest BCUT2D eigenvalue weighted by Crippen LogP contribution is -2.32. The molecule has 0 spiro atoms. The number of benzene rings is 3. The maximum absolute atomic E-state index is 11.9. The molecule has 0 aliphatic carbocycles. The molecule has 2 aromatic heterocycles. The molecule has 0 amide bonds. The quantitative estimate of drug-likeness (QED) is 0.175. The molecule has 0 saturated heterocycles. The van der Waals surface area contributed by atoms with Crippen LogP contribution in [0.1, 0.15) is 33.3 Å². The average Bonchev–Trinajstić information content (AvgIpc) is 3.45. The number of esters is 1. The highest BCUT2D eigenvalue weighted by molar-refractivity contribution is 5.76. The van der Waals surface area contributed by atoms with Gasteiger partial charge in [-0.15, -0.1) is 0 Å². The fraction of sp³-hybridized carbons (Fsp3) is 0.229. The van der Waals surface area contributed by atoms with E-state index in [0.717, 1.165) is 33.9 Å². The van der Waals surface area contributed by atoms with Crippen LogP contribution in [0.4, 0.5) is 0 Å². The Labute approximate surface area is 242 Å². The van der Waals surface area contributed by atoms with Crippen LogP contribution in [0.25, 0.3) is 33.9 Å². The van der Waals surface area contributed by atoms with Gasteiger partial charge in [-0.2, -0.15) is 0 Å². The predicted octanol–water partition coefficient (Wildman–Crippen LogP) is 7.93. The molecule has 0 fully saturated rings. The Morgan fingerprint density at radius 3 is 2.00 bits per heavy atom. The average molecular weight is 548 g/mol. The first-order valence-electron chi connectivity index (χ1n) is 13.9. The van der Waals surface area contributed by atoms with E-state index in [-0.39, 0.29) is 12.6 Å². The first-order valence-corrected chi connectivity index (χ1v) is 13.9. The number of methoxy groups -OCH3 is 1. The monoisotopic (exact) mass is 547 g/mol. The SMILES string of the molecule is CC.COC(=O)C(C)(C)COc1ccc(-c2ccc(-c3ncc(-c4ccccc4)n3Cc3ccccc3)cn2)cc1. The minimum atomic E-state index is -0.725. The van der Waals surface area contributed by atoms with E-state index >= 15 is 0 Å². The van der Waals surface area contributed by atoms with Gasteiger partial charge in [0.15, 0.2) is 0 Å². The summed E-state index contributed by atoms with van der Waals surface area (Å²) in [4.78, 5) is 21.4. The zero-order valence-corrected chi connectivity index (χ0v) is 24.4. The van der Waals surface area contributed by atoms with Crippen molar-refractivity contribution in [3.8, 4) is 39.7 Å². The van der Waals surface area contributed by atoms with Gasteiger partial charge >= 0.3 is 5.97 Å². The van der Waals surface area contributed by atoms with Crippen LogP contribution in [0.3, 0.4) is 0 Å². The maximum atomic E-state index is 11.9. The molecule has 5 rings (SSSR count). The second-order valence-electron chi connectivity index (χ2n) is 10.0. The number of carbonyl (C=O) groups excluding carboxylic acids is 1. The lowest BCUT2D eigenvalue weighted by molar-refractivity contribution is -0.152. The molecule has 0 radical (unpaired) electrons. The van der Waals surface area contributed by atoms with Crippen LogP contribution in [-0.4, -0.2) is 34.2 Å². The molecule has 0 aliphatic heterocycles. The summed E-state index contributed by atoms with van der Waals surface area (Å²) in [5, 5.41) is 0. The van der Waals surface area contributed by atoms with E-state index in [1.54, 1.807) is 13.8 Å². The molecular formula is C35H37N3O3. The van der Waals surface area contributed by atoms with E-state index in [1.807, 2.05) is 80.8 Å². The number of imidazole rings is 1. The minimum absolute atomic E-state index is 0.229. The van der Waals surface area contributed by atoms with E-state index in [0.29, 0.717) is 12.3 Å². The van der Waals surface area contributed by atoms with Crippen molar-refractivity contribution in [2.24, 2.45) is 5.41 Å². The molecule has 0 atom stereocenters. The zero-order valence-electron chi connectivity index (χ0n) is 24.4. The molecule has 41 heavy (non-hydrogen) atoms. The van der Waals surface area contributed by atoms with Crippen molar-refractivity contribution in [3.63, 3.8) is 0 Å². The van der Waals surface area contributed by atoms with E-state index in [9.17, 15) is 4.79 Å². The molecular weight excluding hydrogens is 510 g/mol. The Morgan fingerprint density at radius 2 is 1.39 bits per heavy atom. The van der Waals surface area contributed by atoms with Crippen molar-refractivity contribution in [3.05, 3.63) is 115 Å². The van der Waals surface area contributed by atoms with Crippen molar-refractivity contribution in [2.45, 2.75) is 34.2 Å². The van der Waals surface area contributed by atoms with Crippen molar-refractivity contribution in [2.75, 3.05) is 13.7 Å². The first kappa shape index (κ1) is 29.3. The fourth-order valence-electron chi connectivity index (χ4n) is 4.39. The van der Waals surface area contributed by atoms with Gasteiger partial charge in [-0.3, -0.25) is 9.78 Å². The number of nitrogens with zero attached hydrogens (tertiary/aromatic N) is 3. The van der Waals surface area contributed by atoms with Crippen LogP contribution in [0.5, 0.6) is 5.75 Å². The number of rotatable bonds is 9. The van der Waals surface area contributed by atoms with Gasteiger partial charge in [-0.1, -0.05) is 74.5 Å². The van der Waals surface area contributed by atoms with E-state index in [1.165, 1.54) is 12.7 Å². The van der Waals surface area contributed by atoms with Gasteiger partial charge in [0.2, 0.25) is 0 Å². The normalized spacial score (nSPS) is 10.9. The standard InChI is InChI=1S/C33H31N3O3.C2H6/c1-33(2,32(37)38-3)23-39-28-17-14-25(15-18-28)29-19-16-27(20-34-29)31-35-21-30(26-12-8-5-9-13-26)36(31)22-24-10-6-4-7-11-24;1-2/h4-21H,22-23H2,1-3H3;1-2H3. The van der Waals surface area contributed by atoms with Crippen LogP contribution in [0.2, 0.25) is 0 Å². The molecule has 2 heterocycles. The predicted molar refractivity (Wildman–Crippen MR) is 165 cm³/mol. The number of pyridine rings is 1. The molecule has 0 aliphatic rings. The summed E-state index contributed by atoms with van der Waals surface area (Å²) in [6.45, 7) is 8.53. The number of hydrogen-bond donors (Lipinski definition) is 0. The van der Waals surface area contributed by atoms with Crippen molar-refractivity contribution < 1.29 is 14.3 Å². The van der Waals surface area contributed by atoms with Crippen LogP contribution in [0, 0.1) is 5.41 Å². The smallest absolute Gasteiger partial charge is 0.314 e. The Balaban J connectivity index is 0.00000189. The third-order valence-corrected chi connectivity index (χ3v) is 6.62. The Kier molecular flexibility index (Phi) is 9.69. The van der Waals surface area contributed by atoms with E-state index in [4.69, 9.17) is 19.4 Å². The van der Waals surface area contributed by atoms with Crippen LogP contribution < -0.4 is 4.74 Å². The third kappa shape index (κ3) is 7.09. The highest BCUT2D eigenvalue weighted by Crippen LogP contribution is 2.29. The second-order valence-corrected chi connectivity index (χ2v) is 10.0. The van der Waals surface area contributed by atoms with E-state index < -0.39 is 5.41 Å². The molecule has 0 N–H and O–H groups in total.